The van der Waals surface area contributed by atoms with Gasteiger partial charge >= 0.3 is 0 Å². The molecule has 5 nitrogen and oxygen atoms in total. The summed E-state index contributed by atoms with van der Waals surface area (Å²) in [6.07, 6.45) is 5.14. The van der Waals surface area contributed by atoms with Gasteiger partial charge in [0.05, 0.1) is 0 Å². The molecule has 0 aromatic heterocycles. The van der Waals surface area contributed by atoms with Crippen molar-refractivity contribution in [3.63, 3.8) is 0 Å². The minimum absolute atomic E-state index is 0.0327. The van der Waals surface area contributed by atoms with Crippen LogP contribution in [0.4, 0.5) is 0 Å². The number of nitrogens with zero attached hydrogens (tertiary/aromatic N) is 1. The van der Waals surface area contributed by atoms with Crippen molar-refractivity contribution < 1.29 is 10.0 Å². The molecule has 1 rings (SSSR count). The van der Waals surface area contributed by atoms with Crippen LogP contribution in [0.5, 0.6) is 0 Å². The SMILES string of the molecule is CCCC(CCC)(C(=O)NC(C)(C)C1CC1)C(N)=NO. The van der Waals surface area contributed by atoms with Crippen molar-refractivity contribution in [2.24, 2.45) is 22.2 Å². The second kappa shape index (κ2) is 6.46. The van der Waals surface area contributed by atoms with Gasteiger partial charge in [-0.15, -0.1) is 0 Å². The van der Waals surface area contributed by atoms with E-state index in [1.807, 2.05) is 13.8 Å². The van der Waals surface area contributed by atoms with Gasteiger partial charge in [-0.1, -0.05) is 31.8 Å². The van der Waals surface area contributed by atoms with Crippen molar-refractivity contribution in [1.82, 2.24) is 5.32 Å². The number of nitrogens with two attached hydrogens (primary N) is 1. The van der Waals surface area contributed by atoms with Crippen LogP contribution < -0.4 is 11.1 Å². The molecule has 1 aliphatic carbocycles. The van der Waals surface area contributed by atoms with Crippen LogP contribution >= 0.6 is 0 Å². The molecule has 0 unspecified atom stereocenters. The number of oxime groups is 1. The summed E-state index contributed by atoms with van der Waals surface area (Å²) in [6, 6.07) is 0. The zero-order chi connectivity index (χ0) is 15.4. The van der Waals surface area contributed by atoms with Crippen molar-refractivity contribution in [2.45, 2.75) is 71.8 Å². The molecule has 0 bridgehead atoms. The van der Waals surface area contributed by atoms with Crippen LogP contribution in [0.25, 0.3) is 0 Å². The maximum Gasteiger partial charge on any atom is 0.234 e. The molecule has 0 radical (unpaired) electrons. The molecule has 1 saturated carbocycles. The van der Waals surface area contributed by atoms with Gasteiger partial charge < -0.3 is 16.3 Å². The van der Waals surface area contributed by atoms with Gasteiger partial charge in [0.1, 0.15) is 5.41 Å². The predicted molar refractivity (Wildman–Crippen MR) is 80.6 cm³/mol. The van der Waals surface area contributed by atoms with Crippen LogP contribution in [0, 0.1) is 11.3 Å². The number of hydrogen-bond acceptors (Lipinski definition) is 3. The molecule has 20 heavy (non-hydrogen) atoms. The van der Waals surface area contributed by atoms with Gasteiger partial charge in [-0.3, -0.25) is 4.79 Å². The molecule has 0 heterocycles. The topological polar surface area (TPSA) is 87.7 Å². The third-order valence-electron chi connectivity index (χ3n) is 4.42. The quantitative estimate of drug-likeness (QED) is 0.277. The van der Waals surface area contributed by atoms with Gasteiger partial charge in [0.2, 0.25) is 5.91 Å². The summed E-state index contributed by atoms with van der Waals surface area (Å²) in [5, 5.41) is 15.4. The third kappa shape index (κ3) is 3.44. The molecule has 4 N–H and O–H groups in total. The Hall–Kier alpha value is -1.26. The smallest absolute Gasteiger partial charge is 0.234 e. The summed E-state index contributed by atoms with van der Waals surface area (Å²) in [5.41, 5.74) is 4.77. The Balaban J connectivity index is 2.98. The number of carbonyl (C=O) groups is 1. The Labute approximate surface area is 122 Å². The summed E-state index contributed by atoms with van der Waals surface area (Å²) in [6.45, 7) is 8.12. The van der Waals surface area contributed by atoms with Gasteiger partial charge in [0, 0.05) is 5.54 Å². The summed E-state index contributed by atoms with van der Waals surface area (Å²) in [4.78, 5) is 12.8. The van der Waals surface area contributed by atoms with Gasteiger partial charge in [-0.05, 0) is 45.4 Å². The molecule has 5 heteroatoms. The lowest BCUT2D eigenvalue weighted by Gasteiger charge is -2.35. The number of carbonyl (C=O) groups excluding carboxylic acids is 1. The van der Waals surface area contributed by atoms with E-state index in [9.17, 15) is 4.79 Å². The summed E-state index contributed by atoms with van der Waals surface area (Å²) in [7, 11) is 0. The van der Waals surface area contributed by atoms with Gasteiger partial charge in [-0.2, -0.15) is 0 Å². The van der Waals surface area contributed by atoms with Crippen molar-refractivity contribution >= 4 is 11.7 Å². The average molecular weight is 283 g/mol. The molecule has 1 fully saturated rings. The fourth-order valence-corrected chi connectivity index (χ4v) is 2.99. The molecule has 0 aliphatic heterocycles. The van der Waals surface area contributed by atoms with E-state index in [2.05, 4.69) is 24.3 Å². The van der Waals surface area contributed by atoms with E-state index >= 15 is 0 Å². The number of amidine groups is 1. The predicted octanol–water partition coefficient (Wildman–Crippen LogP) is 2.62. The van der Waals surface area contributed by atoms with Crippen LogP contribution in [-0.4, -0.2) is 22.5 Å². The number of nitrogens with one attached hydrogen (secondary N) is 1. The largest absolute Gasteiger partial charge is 0.409 e. The van der Waals surface area contributed by atoms with E-state index in [4.69, 9.17) is 10.9 Å². The highest BCUT2D eigenvalue weighted by Crippen LogP contribution is 2.40. The molecule has 1 amide bonds. The Kier molecular flexibility index (Phi) is 5.42. The van der Waals surface area contributed by atoms with E-state index in [1.54, 1.807) is 0 Å². The Bertz CT molecular complexity index is 367. The van der Waals surface area contributed by atoms with E-state index in [-0.39, 0.29) is 17.3 Å². The van der Waals surface area contributed by atoms with Gasteiger partial charge in [-0.25, -0.2) is 0 Å². The molecular formula is C15H29N3O2. The van der Waals surface area contributed by atoms with Crippen molar-refractivity contribution in [3.05, 3.63) is 0 Å². The third-order valence-corrected chi connectivity index (χ3v) is 4.42. The van der Waals surface area contributed by atoms with Crippen LogP contribution in [0.1, 0.15) is 66.2 Å². The molecule has 1 aliphatic rings. The molecular weight excluding hydrogens is 254 g/mol. The molecule has 0 saturated heterocycles. The van der Waals surface area contributed by atoms with E-state index < -0.39 is 5.41 Å². The summed E-state index contributed by atoms with van der Waals surface area (Å²) < 4.78 is 0. The zero-order valence-electron chi connectivity index (χ0n) is 13.2. The maximum absolute atomic E-state index is 12.8. The fourth-order valence-electron chi connectivity index (χ4n) is 2.99. The lowest BCUT2D eigenvalue weighted by atomic mass is 9.76. The zero-order valence-corrected chi connectivity index (χ0v) is 13.2. The molecule has 116 valence electrons. The highest BCUT2D eigenvalue weighted by Gasteiger charge is 2.46. The summed E-state index contributed by atoms with van der Waals surface area (Å²) in [5.74, 6) is 0.471. The van der Waals surface area contributed by atoms with Crippen molar-refractivity contribution in [2.75, 3.05) is 0 Å². The lowest BCUT2D eigenvalue weighted by Crippen LogP contribution is -2.56. The normalized spacial score (nSPS) is 17.1. The van der Waals surface area contributed by atoms with Crippen molar-refractivity contribution in [3.8, 4) is 0 Å². The first kappa shape index (κ1) is 16.8. The highest BCUT2D eigenvalue weighted by atomic mass is 16.4. The Morgan fingerprint density at radius 1 is 1.30 bits per heavy atom. The van der Waals surface area contributed by atoms with Crippen LogP contribution in [0.2, 0.25) is 0 Å². The first-order valence-corrected chi connectivity index (χ1v) is 7.64. The van der Waals surface area contributed by atoms with Gasteiger partial charge in [0.25, 0.3) is 0 Å². The van der Waals surface area contributed by atoms with Crippen molar-refractivity contribution in [1.29, 1.82) is 0 Å². The van der Waals surface area contributed by atoms with Crippen LogP contribution in [0.15, 0.2) is 5.16 Å². The number of amides is 1. The van der Waals surface area contributed by atoms with Gasteiger partial charge in [0.15, 0.2) is 5.84 Å². The van der Waals surface area contributed by atoms with E-state index in [0.29, 0.717) is 18.8 Å². The summed E-state index contributed by atoms with van der Waals surface area (Å²) >= 11 is 0. The minimum atomic E-state index is -0.885. The highest BCUT2D eigenvalue weighted by molar-refractivity contribution is 6.06. The van der Waals surface area contributed by atoms with E-state index in [0.717, 1.165) is 25.7 Å². The minimum Gasteiger partial charge on any atom is -0.409 e. The molecule has 0 atom stereocenters. The maximum atomic E-state index is 12.8. The number of hydrogen-bond donors (Lipinski definition) is 3. The number of rotatable bonds is 8. The fraction of sp³-hybridized carbons (Fsp3) is 0.867. The second-order valence-corrected chi connectivity index (χ2v) is 6.52. The Morgan fingerprint density at radius 3 is 2.15 bits per heavy atom. The second-order valence-electron chi connectivity index (χ2n) is 6.52. The molecule has 0 spiro atoms. The monoisotopic (exact) mass is 283 g/mol. The van der Waals surface area contributed by atoms with Crippen LogP contribution in [-0.2, 0) is 4.79 Å². The first-order valence-electron chi connectivity index (χ1n) is 7.64. The molecule has 0 aromatic rings. The standard InChI is InChI=1S/C15H29N3O2/c1-5-9-15(10-6-2,12(16)18-20)13(19)17-14(3,4)11-7-8-11/h11,20H,5-10H2,1-4H3,(H2,16,18)(H,17,19). The Morgan fingerprint density at radius 2 is 1.80 bits per heavy atom. The average Bonchev–Trinajstić information content (AvgIpc) is 3.21. The lowest BCUT2D eigenvalue weighted by molar-refractivity contribution is -0.130. The molecule has 0 aromatic carbocycles. The van der Waals surface area contributed by atoms with Crippen LogP contribution in [0.3, 0.4) is 0 Å². The first-order chi connectivity index (χ1) is 9.34. The van der Waals surface area contributed by atoms with E-state index in [1.165, 1.54) is 0 Å².